The maximum Gasteiger partial charge on any atom is 0.0562 e. The minimum absolute atomic E-state index is 1.10. The Hall–Kier alpha value is -7.42. The summed E-state index contributed by atoms with van der Waals surface area (Å²) < 4.78 is 2.41. The van der Waals surface area contributed by atoms with Gasteiger partial charge >= 0.3 is 0 Å². The van der Waals surface area contributed by atoms with Crippen molar-refractivity contribution in [3.63, 3.8) is 0 Å². The first-order valence-corrected chi connectivity index (χ1v) is 19.2. The summed E-state index contributed by atoms with van der Waals surface area (Å²) in [4.78, 5) is 2.54. The van der Waals surface area contributed by atoms with Crippen LogP contribution in [-0.4, -0.2) is 4.57 Å². The van der Waals surface area contributed by atoms with Crippen molar-refractivity contribution in [2.45, 2.75) is 0 Å². The molecule has 0 spiro atoms. The molecule has 2 nitrogen and oxygen atoms in total. The van der Waals surface area contributed by atoms with Crippen molar-refractivity contribution >= 4 is 38.9 Å². The van der Waals surface area contributed by atoms with Gasteiger partial charge in [-0.1, -0.05) is 188 Å². The zero-order valence-electron chi connectivity index (χ0n) is 30.8. The zero-order valence-corrected chi connectivity index (χ0v) is 30.8. The molecule has 0 saturated heterocycles. The van der Waals surface area contributed by atoms with Gasteiger partial charge in [-0.25, -0.2) is 0 Å². The molecule has 264 valence electrons. The highest BCUT2D eigenvalue weighted by atomic mass is 15.2. The highest BCUT2D eigenvalue weighted by Gasteiger charge is 2.27. The van der Waals surface area contributed by atoms with Crippen LogP contribution in [0.25, 0.3) is 72.0 Å². The average Bonchev–Trinajstić information content (AvgIpc) is 3.63. The maximum absolute atomic E-state index is 2.54. The summed E-state index contributed by atoms with van der Waals surface area (Å²) in [6.07, 6.45) is 0. The molecule has 0 unspecified atom stereocenters. The van der Waals surface area contributed by atoms with E-state index in [0.29, 0.717) is 0 Å². The third-order valence-corrected chi connectivity index (χ3v) is 10.8. The third-order valence-electron chi connectivity index (χ3n) is 10.8. The average molecular weight is 715 g/mol. The van der Waals surface area contributed by atoms with Gasteiger partial charge in [0.2, 0.25) is 0 Å². The largest absolute Gasteiger partial charge is 0.309 e. The molecule has 0 amide bonds. The van der Waals surface area contributed by atoms with Gasteiger partial charge in [0.1, 0.15) is 0 Å². The van der Waals surface area contributed by atoms with Gasteiger partial charge in [-0.05, 0) is 75.8 Å². The van der Waals surface area contributed by atoms with Crippen molar-refractivity contribution in [2.75, 3.05) is 4.90 Å². The lowest BCUT2D eigenvalue weighted by molar-refractivity contribution is 1.18. The molecular weight excluding hydrogens is 677 g/mol. The van der Waals surface area contributed by atoms with Crippen LogP contribution in [0, 0.1) is 0 Å². The molecule has 0 N–H and O–H groups in total. The van der Waals surface area contributed by atoms with Gasteiger partial charge in [0.25, 0.3) is 0 Å². The van der Waals surface area contributed by atoms with Gasteiger partial charge in [0, 0.05) is 27.6 Å². The first-order chi connectivity index (χ1) is 27.8. The van der Waals surface area contributed by atoms with E-state index in [-0.39, 0.29) is 0 Å². The molecule has 0 saturated carbocycles. The van der Waals surface area contributed by atoms with Crippen LogP contribution in [0.5, 0.6) is 0 Å². The van der Waals surface area contributed by atoms with E-state index in [1.54, 1.807) is 0 Å². The number of hydrogen-bond acceptors (Lipinski definition) is 1. The van der Waals surface area contributed by atoms with Gasteiger partial charge in [-0.15, -0.1) is 0 Å². The Kier molecular flexibility index (Phi) is 8.55. The molecule has 10 aromatic rings. The predicted molar refractivity (Wildman–Crippen MR) is 237 cm³/mol. The third kappa shape index (κ3) is 5.85. The van der Waals surface area contributed by atoms with E-state index < -0.39 is 0 Å². The Labute approximate surface area is 327 Å². The molecule has 1 heterocycles. The van der Waals surface area contributed by atoms with E-state index in [4.69, 9.17) is 0 Å². The molecule has 0 bridgehead atoms. The first kappa shape index (κ1) is 33.2. The number of rotatable bonds is 8. The number of para-hydroxylation sites is 2. The lowest BCUT2D eigenvalue weighted by atomic mass is 9.91. The Morgan fingerprint density at radius 1 is 0.304 bits per heavy atom. The summed E-state index contributed by atoms with van der Waals surface area (Å²) in [7, 11) is 0. The van der Waals surface area contributed by atoms with Gasteiger partial charge in [-0.2, -0.15) is 0 Å². The summed E-state index contributed by atoms with van der Waals surface area (Å²) in [5.41, 5.74) is 16.1. The predicted octanol–water partition coefficient (Wildman–Crippen LogP) is 14.9. The monoisotopic (exact) mass is 714 g/mol. The second-order valence-electron chi connectivity index (χ2n) is 14.1. The standard InChI is InChI=1S/C54H38N2/c1-6-20-39(21-7-1)43-36-37-45(40-22-8-2-9-23-40)52(38-43)56(49-33-18-31-46(41-24-10-3-11-25-41)53(49)42-26-12-4-13-27-42)51-35-19-34-50-54(51)47-30-16-17-32-48(47)55(50)44-28-14-5-15-29-44/h1-38H. The molecule has 56 heavy (non-hydrogen) atoms. The van der Waals surface area contributed by atoms with Crippen molar-refractivity contribution < 1.29 is 0 Å². The molecule has 0 fully saturated rings. The van der Waals surface area contributed by atoms with Crippen LogP contribution in [0.3, 0.4) is 0 Å². The molecule has 10 rings (SSSR count). The zero-order chi connectivity index (χ0) is 37.3. The van der Waals surface area contributed by atoms with Crippen LogP contribution >= 0.6 is 0 Å². The molecule has 9 aromatic carbocycles. The highest BCUT2D eigenvalue weighted by Crippen LogP contribution is 2.51. The number of nitrogens with zero attached hydrogens (tertiary/aromatic N) is 2. The summed E-state index contributed by atoms with van der Waals surface area (Å²) in [5.74, 6) is 0. The molecular formula is C54H38N2. The van der Waals surface area contributed by atoms with Crippen LogP contribution in [-0.2, 0) is 0 Å². The Bertz CT molecular complexity index is 2930. The second-order valence-corrected chi connectivity index (χ2v) is 14.1. The van der Waals surface area contributed by atoms with Crippen LogP contribution in [0.15, 0.2) is 231 Å². The quantitative estimate of drug-likeness (QED) is 0.152. The smallest absolute Gasteiger partial charge is 0.0562 e. The van der Waals surface area contributed by atoms with Gasteiger partial charge < -0.3 is 9.47 Å². The molecule has 0 aliphatic heterocycles. The van der Waals surface area contributed by atoms with Crippen LogP contribution in [0.2, 0.25) is 0 Å². The normalized spacial score (nSPS) is 11.2. The minimum Gasteiger partial charge on any atom is -0.309 e. The Balaban J connectivity index is 1.37. The lowest BCUT2D eigenvalue weighted by Crippen LogP contribution is -2.13. The van der Waals surface area contributed by atoms with Crippen molar-refractivity contribution in [2.24, 2.45) is 0 Å². The fraction of sp³-hybridized carbons (Fsp3) is 0. The summed E-state index contributed by atoms with van der Waals surface area (Å²) in [6.45, 7) is 0. The summed E-state index contributed by atoms with van der Waals surface area (Å²) >= 11 is 0. The fourth-order valence-electron chi connectivity index (χ4n) is 8.31. The molecule has 0 atom stereocenters. The molecule has 0 aliphatic rings. The second kappa shape index (κ2) is 14.4. The van der Waals surface area contributed by atoms with Gasteiger partial charge in [-0.3, -0.25) is 0 Å². The molecule has 2 heteroatoms. The molecule has 1 aromatic heterocycles. The lowest BCUT2D eigenvalue weighted by Gasteiger charge is -2.32. The number of hydrogen-bond donors (Lipinski definition) is 0. The van der Waals surface area contributed by atoms with Crippen LogP contribution < -0.4 is 4.90 Å². The number of benzene rings is 9. The van der Waals surface area contributed by atoms with E-state index in [2.05, 4.69) is 240 Å². The summed E-state index contributed by atoms with van der Waals surface area (Å²) in [5, 5.41) is 2.40. The van der Waals surface area contributed by atoms with Crippen molar-refractivity contribution in [3.05, 3.63) is 231 Å². The van der Waals surface area contributed by atoms with Gasteiger partial charge in [0.05, 0.1) is 28.1 Å². The number of anilines is 3. The first-order valence-electron chi connectivity index (χ1n) is 19.2. The fourth-order valence-corrected chi connectivity index (χ4v) is 8.31. The minimum atomic E-state index is 1.10. The number of fused-ring (bicyclic) bond motifs is 3. The summed E-state index contributed by atoms with van der Waals surface area (Å²) in [6, 6.07) is 83.2. The van der Waals surface area contributed by atoms with Gasteiger partial charge in [0.15, 0.2) is 0 Å². The van der Waals surface area contributed by atoms with Crippen LogP contribution in [0.4, 0.5) is 17.1 Å². The Morgan fingerprint density at radius 2 is 0.821 bits per heavy atom. The van der Waals surface area contributed by atoms with Crippen molar-refractivity contribution in [3.8, 4) is 50.2 Å². The van der Waals surface area contributed by atoms with E-state index >= 15 is 0 Å². The molecule has 0 radical (unpaired) electrons. The van der Waals surface area contributed by atoms with Crippen molar-refractivity contribution in [1.82, 2.24) is 4.57 Å². The SMILES string of the molecule is c1ccc(-c2ccc(-c3ccccc3)c(N(c3cccc(-c4ccccc4)c3-c3ccccc3)c3cccc4c3c3ccccc3n4-c3ccccc3)c2)cc1. The number of aromatic nitrogens is 1. The Morgan fingerprint density at radius 3 is 1.50 bits per heavy atom. The van der Waals surface area contributed by atoms with E-state index in [9.17, 15) is 0 Å². The molecule has 0 aliphatic carbocycles. The maximum atomic E-state index is 2.54. The highest BCUT2D eigenvalue weighted by molar-refractivity contribution is 6.17. The van der Waals surface area contributed by atoms with Crippen molar-refractivity contribution in [1.29, 1.82) is 0 Å². The van der Waals surface area contributed by atoms with E-state index in [1.807, 2.05) is 0 Å². The van der Waals surface area contributed by atoms with Crippen LogP contribution in [0.1, 0.15) is 0 Å². The topological polar surface area (TPSA) is 8.17 Å². The van der Waals surface area contributed by atoms with E-state index in [1.165, 1.54) is 38.5 Å². The van der Waals surface area contributed by atoms with E-state index in [0.717, 1.165) is 50.5 Å².